The first kappa shape index (κ1) is 18.8. The van der Waals surface area contributed by atoms with Crippen LogP contribution >= 0.6 is 0 Å². The molecule has 10 heteroatoms. The number of carboxylic acid groups (broad SMARTS) is 1. The minimum absolute atomic E-state index is 0.121. The third kappa shape index (κ3) is 3.47. The van der Waals surface area contributed by atoms with Gasteiger partial charge in [-0.05, 0) is 23.8 Å². The van der Waals surface area contributed by atoms with Crippen LogP contribution in [0.5, 0.6) is 0 Å². The van der Waals surface area contributed by atoms with Crippen molar-refractivity contribution in [3.05, 3.63) is 64.3 Å². The van der Waals surface area contributed by atoms with Gasteiger partial charge in [0.1, 0.15) is 5.52 Å². The molecule has 0 aliphatic heterocycles. The van der Waals surface area contributed by atoms with Gasteiger partial charge in [-0.15, -0.1) is 0 Å². The molecule has 3 aromatic heterocycles. The largest absolute Gasteiger partial charge is 0.478 e. The molecule has 0 radical (unpaired) electrons. The second-order valence-electron chi connectivity index (χ2n) is 5.58. The molecule has 0 aliphatic carbocycles. The van der Waals surface area contributed by atoms with Crippen LogP contribution in [0.15, 0.2) is 47.5 Å². The van der Waals surface area contributed by atoms with Gasteiger partial charge in [-0.25, -0.2) is 14.3 Å². The van der Waals surface area contributed by atoms with E-state index in [0.717, 1.165) is 0 Å². The fourth-order valence-electron chi connectivity index (χ4n) is 2.66. The van der Waals surface area contributed by atoms with Gasteiger partial charge in [-0.2, -0.15) is 15.1 Å². The van der Waals surface area contributed by atoms with E-state index >= 15 is 0 Å². The van der Waals surface area contributed by atoms with Gasteiger partial charge in [-0.1, -0.05) is 26.0 Å². The number of nitrogen functional groups attached to an aromatic ring is 1. The van der Waals surface area contributed by atoms with Crippen molar-refractivity contribution in [2.24, 2.45) is 0 Å². The van der Waals surface area contributed by atoms with Gasteiger partial charge >= 0.3 is 11.7 Å². The normalized spacial score (nSPS) is 10.5. The fraction of sp³-hybridized carbons (Fsp3) is 0.167. The number of hydrogen-bond donors (Lipinski definition) is 3. The Balaban J connectivity index is 0.00000109. The third-order valence-electron chi connectivity index (χ3n) is 3.86. The number of carbonyl (C=O) groups is 1. The predicted octanol–water partition coefficient (Wildman–Crippen LogP) is 1.66. The first-order valence-electron chi connectivity index (χ1n) is 8.61. The number of hydrogen-bond acceptors (Lipinski definition) is 6. The molecule has 0 saturated carbocycles. The molecule has 0 amide bonds. The summed E-state index contributed by atoms with van der Waals surface area (Å²) in [6.45, 7) is 4.13. The molecule has 28 heavy (non-hydrogen) atoms. The van der Waals surface area contributed by atoms with Crippen molar-refractivity contribution in [1.82, 2.24) is 29.3 Å². The summed E-state index contributed by atoms with van der Waals surface area (Å²) in [5, 5.41) is 13.2. The van der Waals surface area contributed by atoms with Gasteiger partial charge in [0.15, 0.2) is 11.5 Å². The maximum Gasteiger partial charge on any atom is 0.335 e. The number of aromatic carboxylic acids is 1. The van der Waals surface area contributed by atoms with Crippen LogP contribution in [0.1, 0.15) is 29.8 Å². The highest BCUT2D eigenvalue weighted by atomic mass is 16.4. The van der Waals surface area contributed by atoms with Crippen molar-refractivity contribution in [1.29, 1.82) is 0 Å². The lowest BCUT2D eigenvalue weighted by Gasteiger charge is -2.06. The summed E-state index contributed by atoms with van der Waals surface area (Å²) < 4.78 is 2.81. The van der Waals surface area contributed by atoms with E-state index in [9.17, 15) is 9.59 Å². The van der Waals surface area contributed by atoms with Crippen LogP contribution in [0.3, 0.4) is 0 Å². The first-order chi connectivity index (χ1) is 13.5. The van der Waals surface area contributed by atoms with Crippen LogP contribution in [-0.2, 0) is 6.54 Å². The summed E-state index contributed by atoms with van der Waals surface area (Å²) in [5.41, 5.74) is 6.95. The number of imidazole rings is 1. The highest BCUT2D eigenvalue weighted by molar-refractivity contribution is 5.87. The van der Waals surface area contributed by atoms with Crippen molar-refractivity contribution >= 4 is 23.0 Å². The number of benzene rings is 1. The number of aromatic amines is 1. The van der Waals surface area contributed by atoms with Gasteiger partial charge in [0.2, 0.25) is 0 Å². The number of fused-ring (bicyclic) bond motifs is 1. The number of H-pyrrole nitrogens is 1. The Bertz CT molecular complexity index is 1180. The minimum Gasteiger partial charge on any atom is -0.478 e. The molecule has 0 fully saturated rings. The SMILES string of the molecule is CC.Nc1nc(-n2cccn2)nc2c1[nH]c(=O)n2Cc1cccc(C(=O)O)c1. The zero-order valence-corrected chi connectivity index (χ0v) is 15.3. The summed E-state index contributed by atoms with van der Waals surface area (Å²) >= 11 is 0. The predicted molar refractivity (Wildman–Crippen MR) is 104 cm³/mol. The van der Waals surface area contributed by atoms with Crippen LogP contribution in [0.4, 0.5) is 5.82 Å². The van der Waals surface area contributed by atoms with E-state index in [1.54, 1.807) is 30.6 Å². The van der Waals surface area contributed by atoms with E-state index in [1.807, 2.05) is 13.8 Å². The molecule has 10 nitrogen and oxygen atoms in total. The zero-order valence-electron chi connectivity index (χ0n) is 15.3. The van der Waals surface area contributed by atoms with E-state index in [4.69, 9.17) is 10.8 Å². The van der Waals surface area contributed by atoms with Crippen molar-refractivity contribution in [3.63, 3.8) is 0 Å². The number of nitrogens with two attached hydrogens (primary N) is 1. The Kier molecular flexibility index (Phi) is 5.21. The maximum atomic E-state index is 12.4. The number of aromatic nitrogens is 6. The standard InChI is InChI=1S/C16H13N7O3.C2H6/c17-12-11-13(21-15(20-12)23-6-2-5-18-23)22(16(26)19-11)8-9-3-1-4-10(7-9)14(24)25;1-2/h1-7H,8H2,(H,19,26)(H,24,25)(H2,17,20,21);1-2H3. The minimum atomic E-state index is -1.04. The molecular weight excluding hydrogens is 362 g/mol. The summed E-state index contributed by atoms with van der Waals surface area (Å²) in [4.78, 5) is 34.7. The Morgan fingerprint density at radius 1 is 1.25 bits per heavy atom. The average molecular weight is 381 g/mol. The zero-order chi connectivity index (χ0) is 20.3. The summed E-state index contributed by atoms with van der Waals surface area (Å²) in [5.74, 6) is -0.687. The molecule has 0 aliphatic rings. The summed E-state index contributed by atoms with van der Waals surface area (Å²) in [7, 11) is 0. The van der Waals surface area contributed by atoms with Crippen LogP contribution in [0, 0.1) is 0 Å². The lowest BCUT2D eigenvalue weighted by Crippen LogP contribution is -2.18. The molecular formula is C18H19N7O3. The monoisotopic (exact) mass is 381 g/mol. The second kappa shape index (κ2) is 7.74. The molecule has 0 unspecified atom stereocenters. The van der Waals surface area contributed by atoms with Crippen LogP contribution in [0.25, 0.3) is 17.1 Å². The Morgan fingerprint density at radius 3 is 2.71 bits per heavy atom. The maximum absolute atomic E-state index is 12.4. The van der Waals surface area contributed by atoms with Crippen LogP contribution in [-0.4, -0.2) is 40.4 Å². The molecule has 4 rings (SSSR count). The summed E-state index contributed by atoms with van der Waals surface area (Å²) in [6.07, 6.45) is 3.23. The molecule has 0 saturated heterocycles. The van der Waals surface area contributed by atoms with Gasteiger partial charge in [0, 0.05) is 12.4 Å². The Hall–Kier alpha value is -3.95. The molecule has 4 N–H and O–H groups in total. The van der Waals surface area contributed by atoms with E-state index in [-0.39, 0.29) is 23.9 Å². The number of nitrogens with one attached hydrogen (secondary N) is 1. The number of carboxylic acids is 1. The smallest absolute Gasteiger partial charge is 0.335 e. The lowest BCUT2D eigenvalue weighted by atomic mass is 10.1. The van der Waals surface area contributed by atoms with Gasteiger partial charge in [0.05, 0.1) is 12.1 Å². The molecule has 4 aromatic rings. The molecule has 144 valence electrons. The van der Waals surface area contributed by atoms with Gasteiger partial charge in [-0.3, -0.25) is 4.57 Å². The van der Waals surface area contributed by atoms with E-state index in [1.165, 1.54) is 21.4 Å². The van der Waals surface area contributed by atoms with Crippen LogP contribution in [0.2, 0.25) is 0 Å². The average Bonchev–Trinajstić information content (AvgIpc) is 3.33. The first-order valence-corrected chi connectivity index (χ1v) is 8.61. The Labute approximate surface area is 159 Å². The lowest BCUT2D eigenvalue weighted by molar-refractivity contribution is 0.0696. The topological polar surface area (TPSA) is 145 Å². The van der Waals surface area contributed by atoms with Gasteiger partial charge < -0.3 is 15.8 Å². The summed E-state index contributed by atoms with van der Waals surface area (Å²) in [6, 6.07) is 8.06. The molecule has 0 spiro atoms. The Morgan fingerprint density at radius 2 is 2.04 bits per heavy atom. The molecule has 1 aromatic carbocycles. The van der Waals surface area contributed by atoms with E-state index < -0.39 is 11.7 Å². The van der Waals surface area contributed by atoms with Gasteiger partial charge in [0.25, 0.3) is 5.95 Å². The number of anilines is 1. The van der Waals surface area contributed by atoms with Crippen molar-refractivity contribution in [3.8, 4) is 5.95 Å². The van der Waals surface area contributed by atoms with E-state index in [0.29, 0.717) is 16.7 Å². The third-order valence-corrected chi connectivity index (χ3v) is 3.86. The number of nitrogens with zero attached hydrogens (tertiary/aromatic N) is 5. The van der Waals surface area contributed by atoms with Crippen molar-refractivity contribution < 1.29 is 9.90 Å². The van der Waals surface area contributed by atoms with E-state index in [2.05, 4.69) is 20.1 Å². The number of rotatable bonds is 4. The van der Waals surface area contributed by atoms with Crippen molar-refractivity contribution in [2.45, 2.75) is 20.4 Å². The molecule has 3 heterocycles. The van der Waals surface area contributed by atoms with Crippen molar-refractivity contribution in [2.75, 3.05) is 5.73 Å². The molecule has 0 bridgehead atoms. The molecule has 0 atom stereocenters. The van der Waals surface area contributed by atoms with Crippen LogP contribution < -0.4 is 11.4 Å². The second-order valence-corrected chi connectivity index (χ2v) is 5.58. The highest BCUT2D eigenvalue weighted by Crippen LogP contribution is 2.17. The highest BCUT2D eigenvalue weighted by Gasteiger charge is 2.15. The fourth-order valence-corrected chi connectivity index (χ4v) is 2.66. The quantitative estimate of drug-likeness (QED) is 0.487.